The topological polar surface area (TPSA) is 117 Å². The van der Waals surface area contributed by atoms with E-state index in [1.807, 2.05) is 18.7 Å². The summed E-state index contributed by atoms with van der Waals surface area (Å²) in [5, 5.41) is -0.668. The molecule has 0 radical (unpaired) electrons. The van der Waals surface area contributed by atoms with Crippen LogP contribution in [0.4, 0.5) is 35.1 Å². The number of rotatable bonds is 26. The van der Waals surface area contributed by atoms with E-state index in [9.17, 15) is 59.8 Å². The Balaban J connectivity index is 0.000000279. The third-order valence-electron chi connectivity index (χ3n) is 15.2. The zero-order chi connectivity index (χ0) is 91.8. The molecule has 12 nitrogen and oxygen atoms in total. The molecular formula is C74H80F8N8O4S2. The molecule has 2 aliphatic carbocycles. The molecule has 10 rings (SSSR count). The summed E-state index contributed by atoms with van der Waals surface area (Å²) in [5.74, 6) is -3.20. The van der Waals surface area contributed by atoms with Crippen LogP contribution in [0.5, 0.6) is 0 Å². The molecule has 0 saturated heterocycles. The summed E-state index contributed by atoms with van der Waals surface area (Å²) >= 11 is 1.20. The van der Waals surface area contributed by atoms with Crippen molar-refractivity contribution in [2.75, 3.05) is 52.4 Å². The highest BCUT2D eigenvalue weighted by atomic mass is 32.2. The van der Waals surface area contributed by atoms with Gasteiger partial charge in [-0.3, -0.25) is 19.2 Å². The summed E-state index contributed by atoms with van der Waals surface area (Å²) in [6, 6.07) is -6.31. The van der Waals surface area contributed by atoms with E-state index in [4.69, 9.17) is 30.2 Å². The number of halogens is 8. The van der Waals surface area contributed by atoms with Gasteiger partial charge in [0.25, 0.3) is 11.1 Å². The number of amides is 2. The summed E-state index contributed by atoms with van der Waals surface area (Å²) in [6.45, 7) is 1.25. The predicted octanol–water partition coefficient (Wildman–Crippen LogP) is 15.1. The molecule has 22 heteroatoms. The highest BCUT2D eigenvalue weighted by Gasteiger charge is 2.34. The van der Waals surface area contributed by atoms with Gasteiger partial charge in [0, 0.05) is 84.1 Å². The molecule has 0 N–H and O–H groups in total. The first-order chi connectivity index (χ1) is 56.3. The highest BCUT2D eigenvalue weighted by Crippen LogP contribution is 2.37. The third kappa shape index (κ3) is 18.8. The van der Waals surface area contributed by atoms with Crippen LogP contribution in [-0.4, -0.2) is 103 Å². The van der Waals surface area contributed by atoms with Crippen LogP contribution in [0.2, 0.25) is 0 Å². The van der Waals surface area contributed by atoms with Crippen molar-refractivity contribution in [3.8, 4) is 22.3 Å². The first-order valence-electron chi connectivity index (χ1n) is 43.1. The Bertz CT molecular complexity index is 5450. The van der Waals surface area contributed by atoms with Crippen LogP contribution >= 0.6 is 23.5 Å². The second kappa shape index (κ2) is 32.9. The molecule has 6 aromatic carbocycles. The summed E-state index contributed by atoms with van der Waals surface area (Å²) in [5.41, 5.74) is -15.6. The summed E-state index contributed by atoms with van der Waals surface area (Å²) in [7, 11) is 0. The van der Waals surface area contributed by atoms with Crippen molar-refractivity contribution in [2.24, 2.45) is 0 Å². The number of thioether (sulfide) groups is 2. The van der Waals surface area contributed by atoms with Gasteiger partial charge in [-0.15, -0.1) is 0 Å². The molecule has 0 unspecified atom stereocenters. The smallest absolute Gasteiger partial charge is 0.336 e. The first-order valence-corrected chi connectivity index (χ1v) is 31.9. The van der Waals surface area contributed by atoms with E-state index in [-0.39, 0.29) is 47.9 Å². The molecule has 0 bridgehead atoms. The van der Waals surface area contributed by atoms with Gasteiger partial charge in [-0.2, -0.15) is 36.3 Å². The minimum atomic E-state index is -5.19. The van der Waals surface area contributed by atoms with E-state index in [1.165, 1.54) is 16.7 Å². The number of carbonyl (C=O) groups excluding carboxylic acids is 2. The van der Waals surface area contributed by atoms with Crippen LogP contribution in [0.15, 0.2) is 153 Å². The van der Waals surface area contributed by atoms with Crippen molar-refractivity contribution >= 4 is 35.3 Å². The maximum atomic E-state index is 14.8. The summed E-state index contributed by atoms with van der Waals surface area (Å²) in [4.78, 5) is 68.8. The molecule has 508 valence electrons. The number of likely N-dealkylation sites (N-methyl/N-ethyl adjacent to an activating group) is 2. The Kier molecular flexibility index (Phi) is 15.4. The average molecular weight is 1390 g/mol. The van der Waals surface area contributed by atoms with Gasteiger partial charge in [0.05, 0.1) is 35.8 Å². The van der Waals surface area contributed by atoms with Crippen LogP contribution in [0.1, 0.15) is 143 Å². The Morgan fingerprint density at radius 1 is 0.542 bits per heavy atom. The second-order valence-electron chi connectivity index (χ2n) is 21.4. The van der Waals surface area contributed by atoms with Gasteiger partial charge in [0.2, 0.25) is 11.8 Å². The van der Waals surface area contributed by atoms with Gasteiger partial charge >= 0.3 is 12.4 Å². The average Bonchev–Trinajstić information content (AvgIpc) is 1.52. The monoisotopic (exact) mass is 1390 g/mol. The molecule has 2 aliphatic rings. The van der Waals surface area contributed by atoms with Crippen LogP contribution in [-0.2, 0) is 85.1 Å². The molecule has 0 spiro atoms. The lowest BCUT2D eigenvalue weighted by molar-refractivity contribution is -0.138. The van der Waals surface area contributed by atoms with E-state index in [2.05, 4.69) is 9.97 Å². The zero-order valence-corrected chi connectivity index (χ0v) is 54.2. The number of hydrogen-bond donors (Lipinski definition) is 0. The summed E-state index contributed by atoms with van der Waals surface area (Å²) in [6.07, 6.45) is -19.3. The Morgan fingerprint density at radius 3 is 1.43 bits per heavy atom. The van der Waals surface area contributed by atoms with Gasteiger partial charge in [0.15, 0.2) is 10.3 Å². The van der Waals surface area contributed by atoms with Crippen molar-refractivity contribution in [3.63, 3.8) is 0 Å². The zero-order valence-electron chi connectivity index (χ0n) is 78.6. The lowest BCUT2D eigenvalue weighted by atomic mass is 9.98. The number of aromatic nitrogens is 4. The lowest BCUT2D eigenvalue weighted by Crippen LogP contribution is -2.40. The number of nitrogens with zero attached hydrogens (tertiary/aromatic N) is 8. The van der Waals surface area contributed by atoms with Gasteiger partial charge < -0.3 is 28.7 Å². The second-order valence-corrected chi connectivity index (χ2v) is 23.2. The van der Waals surface area contributed by atoms with Gasteiger partial charge in [0.1, 0.15) is 24.7 Å². The molecule has 0 fully saturated rings. The van der Waals surface area contributed by atoms with E-state index in [0.717, 1.165) is 54.8 Å². The lowest BCUT2D eigenvalue weighted by Gasteiger charge is -2.28. The molecular weight excluding hydrogens is 1280 g/mol. The van der Waals surface area contributed by atoms with Crippen LogP contribution in [0.25, 0.3) is 22.3 Å². The molecule has 96 heavy (non-hydrogen) atoms. The van der Waals surface area contributed by atoms with E-state index in [1.54, 1.807) is 30.9 Å². The number of benzene rings is 6. The van der Waals surface area contributed by atoms with Crippen LogP contribution in [0, 0.1) is 25.5 Å². The van der Waals surface area contributed by atoms with E-state index >= 15 is 0 Å². The van der Waals surface area contributed by atoms with Gasteiger partial charge in [-0.25, -0.2) is 8.78 Å². The number of alkyl halides is 6. The highest BCUT2D eigenvalue weighted by molar-refractivity contribution is 7.98. The number of hydrogen-bond acceptors (Lipinski definition) is 10. The quantitative estimate of drug-likeness (QED) is 0.0295. The van der Waals surface area contributed by atoms with Gasteiger partial charge in [-0.05, 0) is 170 Å². The third-order valence-corrected chi connectivity index (χ3v) is 17.1. The number of fused-ring (bicyclic) bond motifs is 2. The summed E-state index contributed by atoms with van der Waals surface area (Å²) < 4.78 is 340. The van der Waals surface area contributed by atoms with Crippen molar-refractivity contribution in [1.82, 2.24) is 38.7 Å². The van der Waals surface area contributed by atoms with Crippen molar-refractivity contribution in [2.45, 2.75) is 140 Å². The Morgan fingerprint density at radius 2 is 0.969 bits per heavy atom. The fourth-order valence-corrected chi connectivity index (χ4v) is 11.6. The van der Waals surface area contributed by atoms with Gasteiger partial charge in [-0.1, -0.05) is 148 Å². The maximum Gasteiger partial charge on any atom is 0.416 e. The van der Waals surface area contributed by atoms with Crippen molar-refractivity contribution in [3.05, 3.63) is 232 Å². The van der Waals surface area contributed by atoms with Crippen LogP contribution in [0.3, 0.4) is 0 Å². The Hall–Kier alpha value is -7.92. The van der Waals surface area contributed by atoms with E-state index < -0.39 is 261 Å². The molecule has 0 aliphatic heterocycles. The fourth-order valence-electron chi connectivity index (χ4n) is 9.93. The maximum absolute atomic E-state index is 14.8. The molecule has 2 heterocycles. The molecule has 2 amide bonds. The predicted molar refractivity (Wildman–Crippen MR) is 363 cm³/mol. The minimum Gasteiger partial charge on any atom is -0.336 e. The van der Waals surface area contributed by atoms with Crippen LogP contribution < -0.4 is 11.1 Å². The molecule has 2 aromatic heterocycles. The van der Waals surface area contributed by atoms with Crippen molar-refractivity contribution in [1.29, 1.82) is 0 Å². The number of carbonyl (C=O) groups is 2. The largest absolute Gasteiger partial charge is 0.416 e. The standard InChI is InChI=1S/2C37H40F4N4O2S/c2*1-4-43(5-2)19-20-44(22-26-9-13-28(14-10-26)29-15-18-32(25(3)21-29)37(39,40)41)34(46)23-45-33-8-6-7-31(33)35(47)42-36(45)48-24-27-11-16-30(38)17-12-27/h2*9-18,21H,4-8,19-20,22-24H2,1-3H3/i6D2,7D2,8D2,9D,10D,13D,14D,15D,18D,21D,22D2,24D2;9D,10D,13D,14D,15D,18D,21D,22D2. The molecule has 0 atom stereocenters. The minimum absolute atomic E-state index is 0.0729. The molecule has 8 aromatic rings. The fraction of sp³-hybridized carbons (Fsp3) is 0.378. The first kappa shape index (κ1) is 44.8. The SMILES string of the molecule is [2H]c1c([2H])c(C([2H])([2H])N(CCN(CC)CC)C(=O)Cn2c(SC([2H])([2H])c3ccc(F)cc3)nc(=O)c3c2C([2H])([2H])C([2H])([2H])C3([2H])[2H])c([2H])c([2H])c1-c1c([2H])c([2H])c(C(F)(F)F)c(C)c1[2H].[2H]c1c([2H])c(C([2H])([2H])N(CCN(CC)CC)C(=O)Cn2c(SCc3ccc(F)cc3)nc(=O)c3c2CCC3)c([2H])c([2H])c1-c1c([2H])c([2H])c(C(F)(F)F)c(C)c1[2H]. The van der Waals surface area contributed by atoms with E-state index in [0.29, 0.717) is 71.7 Å². The van der Waals surface area contributed by atoms with Crippen molar-refractivity contribution < 1.29 is 80.4 Å². The molecule has 0 saturated carbocycles. The Labute approximate surface area is 600 Å². The normalized spacial score (nSPS) is 18.8.